The van der Waals surface area contributed by atoms with Gasteiger partial charge in [0.25, 0.3) is 5.91 Å². The van der Waals surface area contributed by atoms with Crippen molar-refractivity contribution in [2.24, 2.45) is 5.92 Å². The molecule has 0 radical (unpaired) electrons. The molecular formula is C21H25N3O3. The molecule has 2 atom stereocenters. The highest BCUT2D eigenvalue weighted by Gasteiger charge is 2.40. The Morgan fingerprint density at radius 3 is 2.41 bits per heavy atom. The number of nitrogens with one attached hydrogen (secondary N) is 1. The number of rotatable bonds is 4. The highest BCUT2D eigenvalue weighted by atomic mass is 16.4. The molecule has 1 saturated heterocycles. The molecule has 0 spiro atoms. The van der Waals surface area contributed by atoms with Gasteiger partial charge in [0.1, 0.15) is 5.76 Å². The second-order valence-electron chi connectivity index (χ2n) is 7.75. The van der Waals surface area contributed by atoms with Gasteiger partial charge in [0.2, 0.25) is 5.91 Å². The SMILES string of the molecule is Cc1ccc([C@@H]2CN(C(=O)c3nc(C)oc3C)C[C@H]2NC(=O)C2CC2)cc1. The van der Waals surface area contributed by atoms with E-state index in [1.807, 2.05) is 0 Å². The molecule has 2 fully saturated rings. The van der Waals surface area contributed by atoms with Gasteiger partial charge < -0.3 is 14.6 Å². The second-order valence-corrected chi connectivity index (χ2v) is 7.75. The van der Waals surface area contributed by atoms with E-state index in [0.29, 0.717) is 30.4 Å². The summed E-state index contributed by atoms with van der Waals surface area (Å²) in [6.07, 6.45) is 1.93. The minimum absolute atomic E-state index is 0.0746. The first-order valence-electron chi connectivity index (χ1n) is 9.52. The topological polar surface area (TPSA) is 75.4 Å². The van der Waals surface area contributed by atoms with Gasteiger partial charge in [0.15, 0.2) is 11.6 Å². The van der Waals surface area contributed by atoms with Crippen LogP contribution in [0.2, 0.25) is 0 Å². The highest BCUT2D eigenvalue weighted by molar-refractivity contribution is 5.93. The van der Waals surface area contributed by atoms with Crippen LogP contribution in [0.4, 0.5) is 0 Å². The van der Waals surface area contributed by atoms with Crippen LogP contribution < -0.4 is 5.32 Å². The predicted molar refractivity (Wildman–Crippen MR) is 100 cm³/mol. The molecule has 6 nitrogen and oxygen atoms in total. The minimum atomic E-state index is -0.135. The zero-order valence-electron chi connectivity index (χ0n) is 16.0. The van der Waals surface area contributed by atoms with E-state index >= 15 is 0 Å². The van der Waals surface area contributed by atoms with Gasteiger partial charge in [-0.15, -0.1) is 0 Å². The molecule has 4 rings (SSSR count). The van der Waals surface area contributed by atoms with Crippen molar-refractivity contribution < 1.29 is 14.0 Å². The predicted octanol–water partition coefficient (Wildman–Crippen LogP) is 2.73. The molecule has 2 aliphatic rings. The summed E-state index contributed by atoms with van der Waals surface area (Å²) in [5.41, 5.74) is 2.70. The summed E-state index contributed by atoms with van der Waals surface area (Å²) in [5.74, 6) is 1.22. The fourth-order valence-electron chi connectivity index (χ4n) is 3.79. The average molecular weight is 367 g/mol. The molecule has 1 aliphatic carbocycles. The Labute approximate surface area is 159 Å². The molecule has 1 saturated carbocycles. The molecule has 2 heterocycles. The normalized spacial score (nSPS) is 22.1. The van der Waals surface area contributed by atoms with Crippen LogP contribution in [0.25, 0.3) is 0 Å². The number of nitrogens with zero attached hydrogens (tertiary/aromatic N) is 2. The van der Waals surface area contributed by atoms with Crippen molar-refractivity contribution in [1.82, 2.24) is 15.2 Å². The first-order chi connectivity index (χ1) is 12.9. The maximum absolute atomic E-state index is 13.0. The number of carbonyl (C=O) groups excluding carboxylic acids is 2. The number of aryl methyl sites for hydroxylation is 3. The van der Waals surface area contributed by atoms with E-state index in [1.54, 1.807) is 18.7 Å². The van der Waals surface area contributed by atoms with Gasteiger partial charge in [-0.3, -0.25) is 9.59 Å². The van der Waals surface area contributed by atoms with Crippen LogP contribution in [-0.4, -0.2) is 40.8 Å². The summed E-state index contributed by atoms with van der Waals surface area (Å²) in [7, 11) is 0. The lowest BCUT2D eigenvalue weighted by molar-refractivity contribution is -0.123. The fraction of sp³-hybridized carbons (Fsp3) is 0.476. The van der Waals surface area contributed by atoms with Gasteiger partial charge in [0.05, 0.1) is 6.04 Å². The van der Waals surface area contributed by atoms with E-state index in [1.165, 1.54) is 5.56 Å². The van der Waals surface area contributed by atoms with Crippen LogP contribution in [0.5, 0.6) is 0 Å². The summed E-state index contributed by atoms with van der Waals surface area (Å²) in [5, 5.41) is 3.18. The van der Waals surface area contributed by atoms with E-state index in [-0.39, 0.29) is 29.7 Å². The Morgan fingerprint density at radius 2 is 1.81 bits per heavy atom. The number of hydrogen-bond donors (Lipinski definition) is 1. The van der Waals surface area contributed by atoms with Crippen molar-refractivity contribution in [3.05, 3.63) is 52.7 Å². The smallest absolute Gasteiger partial charge is 0.276 e. The number of amides is 2. The van der Waals surface area contributed by atoms with E-state index in [0.717, 1.165) is 18.4 Å². The van der Waals surface area contributed by atoms with Crippen molar-refractivity contribution in [3.8, 4) is 0 Å². The van der Waals surface area contributed by atoms with Gasteiger partial charge in [-0.05, 0) is 32.3 Å². The lowest BCUT2D eigenvalue weighted by atomic mass is 9.93. The number of benzene rings is 1. The molecule has 2 aromatic rings. The fourth-order valence-corrected chi connectivity index (χ4v) is 3.79. The van der Waals surface area contributed by atoms with Crippen molar-refractivity contribution in [1.29, 1.82) is 0 Å². The van der Waals surface area contributed by atoms with E-state index < -0.39 is 0 Å². The zero-order valence-corrected chi connectivity index (χ0v) is 16.0. The molecular weight excluding hydrogens is 342 g/mol. The molecule has 6 heteroatoms. The molecule has 1 N–H and O–H groups in total. The average Bonchev–Trinajstić information content (AvgIpc) is 3.33. The van der Waals surface area contributed by atoms with Crippen LogP contribution in [0.1, 0.15) is 52.0 Å². The van der Waals surface area contributed by atoms with Crippen molar-refractivity contribution in [2.45, 2.75) is 45.6 Å². The summed E-state index contributed by atoms with van der Waals surface area (Å²) >= 11 is 0. The Hall–Kier alpha value is -2.63. The number of aromatic nitrogens is 1. The third kappa shape index (κ3) is 3.61. The van der Waals surface area contributed by atoms with Crippen molar-refractivity contribution in [3.63, 3.8) is 0 Å². The van der Waals surface area contributed by atoms with Crippen LogP contribution in [-0.2, 0) is 4.79 Å². The lowest BCUT2D eigenvalue weighted by Gasteiger charge is -2.20. The standard InChI is InChI=1S/C21H25N3O3/c1-12-4-6-15(7-5-12)17-10-24(11-18(17)23-20(25)16-8-9-16)21(26)19-13(2)27-14(3)22-19/h4-7,16-18H,8-11H2,1-3H3,(H,23,25)/t17-,18+/m0/s1. The van der Waals surface area contributed by atoms with Gasteiger partial charge in [0, 0.05) is 31.8 Å². The van der Waals surface area contributed by atoms with Crippen molar-refractivity contribution in [2.75, 3.05) is 13.1 Å². The van der Waals surface area contributed by atoms with E-state index in [9.17, 15) is 9.59 Å². The van der Waals surface area contributed by atoms with Gasteiger partial charge in [-0.2, -0.15) is 0 Å². The van der Waals surface area contributed by atoms with Crippen LogP contribution in [0, 0.1) is 26.7 Å². The largest absolute Gasteiger partial charge is 0.445 e. The molecule has 142 valence electrons. The third-order valence-electron chi connectivity index (χ3n) is 5.49. The van der Waals surface area contributed by atoms with Gasteiger partial charge >= 0.3 is 0 Å². The number of likely N-dealkylation sites (tertiary alicyclic amines) is 1. The first kappa shape index (κ1) is 17.8. The summed E-state index contributed by atoms with van der Waals surface area (Å²) in [6, 6.07) is 8.25. The second kappa shape index (κ2) is 6.83. The monoisotopic (exact) mass is 367 g/mol. The maximum atomic E-state index is 13.0. The summed E-state index contributed by atoms with van der Waals surface area (Å²) in [4.78, 5) is 31.4. The zero-order chi connectivity index (χ0) is 19.1. The van der Waals surface area contributed by atoms with Crippen LogP contribution >= 0.6 is 0 Å². The molecule has 0 bridgehead atoms. The minimum Gasteiger partial charge on any atom is -0.445 e. The number of oxazole rings is 1. The number of carbonyl (C=O) groups is 2. The third-order valence-corrected chi connectivity index (χ3v) is 5.49. The molecule has 27 heavy (non-hydrogen) atoms. The lowest BCUT2D eigenvalue weighted by Crippen LogP contribution is -2.41. The van der Waals surface area contributed by atoms with Crippen LogP contribution in [0.15, 0.2) is 28.7 Å². The summed E-state index contributed by atoms with van der Waals surface area (Å²) in [6.45, 7) is 6.59. The molecule has 1 aromatic carbocycles. The quantitative estimate of drug-likeness (QED) is 0.902. The Balaban J connectivity index is 1.57. The van der Waals surface area contributed by atoms with E-state index in [2.05, 4.69) is 41.5 Å². The number of hydrogen-bond acceptors (Lipinski definition) is 4. The first-order valence-corrected chi connectivity index (χ1v) is 9.52. The van der Waals surface area contributed by atoms with Crippen molar-refractivity contribution >= 4 is 11.8 Å². The molecule has 1 aromatic heterocycles. The summed E-state index contributed by atoms with van der Waals surface area (Å²) < 4.78 is 5.42. The van der Waals surface area contributed by atoms with Crippen LogP contribution in [0.3, 0.4) is 0 Å². The Bertz CT molecular complexity index is 867. The van der Waals surface area contributed by atoms with E-state index in [4.69, 9.17) is 4.42 Å². The van der Waals surface area contributed by atoms with Gasteiger partial charge in [-0.1, -0.05) is 29.8 Å². The highest BCUT2D eigenvalue weighted by Crippen LogP contribution is 2.33. The van der Waals surface area contributed by atoms with Gasteiger partial charge in [-0.25, -0.2) is 4.98 Å². The molecule has 0 unspecified atom stereocenters. The Kier molecular flexibility index (Phi) is 4.50. The molecule has 1 aliphatic heterocycles. The Morgan fingerprint density at radius 1 is 1.11 bits per heavy atom. The molecule has 2 amide bonds. The maximum Gasteiger partial charge on any atom is 0.276 e.